The Hall–Kier alpha value is -1.09. The van der Waals surface area contributed by atoms with Crippen LogP contribution in [0.1, 0.15) is 30.9 Å². The van der Waals surface area contributed by atoms with E-state index in [0.29, 0.717) is 4.99 Å². The van der Waals surface area contributed by atoms with Gasteiger partial charge in [0.1, 0.15) is 4.99 Å². The summed E-state index contributed by atoms with van der Waals surface area (Å²) in [5, 5.41) is 0. The maximum atomic E-state index is 5.82. The van der Waals surface area contributed by atoms with Gasteiger partial charge in [0.2, 0.25) is 0 Å². The molecule has 92 valence electrons. The fourth-order valence-electron chi connectivity index (χ4n) is 2.51. The van der Waals surface area contributed by atoms with Crippen LogP contribution in [-0.4, -0.2) is 18.1 Å². The molecular formula is C14H20N2S. The van der Waals surface area contributed by atoms with Gasteiger partial charge in [0.05, 0.1) is 0 Å². The van der Waals surface area contributed by atoms with Crippen LogP contribution in [0, 0.1) is 12.8 Å². The molecule has 17 heavy (non-hydrogen) atoms. The molecule has 1 fully saturated rings. The Labute approximate surface area is 109 Å². The highest BCUT2D eigenvalue weighted by molar-refractivity contribution is 7.80. The molecule has 1 aromatic carbocycles. The summed E-state index contributed by atoms with van der Waals surface area (Å²) in [6, 6.07) is 6.19. The second-order valence-electron chi connectivity index (χ2n) is 5.00. The average molecular weight is 248 g/mol. The number of hydrogen-bond acceptors (Lipinski definition) is 2. The molecule has 1 aromatic rings. The monoisotopic (exact) mass is 248 g/mol. The summed E-state index contributed by atoms with van der Waals surface area (Å²) in [5.74, 6) is 0.837. The molecule has 3 heteroatoms. The van der Waals surface area contributed by atoms with Crippen molar-refractivity contribution in [1.82, 2.24) is 0 Å². The van der Waals surface area contributed by atoms with Crippen molar-refractivity contribution < 1.29 is 0 Å². The minimum atomic E-state index is 0.502. The van der Waals surface area contributed by atoms with Gasteiger partial charge in [-0.2, -0.15) is 0 Å². The molecule has 2 nitrogen and oxygen atoms in total. The van der Waals surface area contributed by atoms with Crippen LogP contribution in [0.25, 0.3) is 0 Å². The largest absolute Gasteiger partial charge is 0.389 e. The van der Waals surface area contributed by atoms with Crippen molar-refractivity contribution in [3.63, 3.8) is 0 Å². The summed E-state index contributed by atoms with van der Waals surface area (Å²) in [6.45, 7) is 6.68. The first kappa shape index (κ1) is 12.4. The van der Waals surface area contributed by atoms with E-state index in [2.05, 4.69) is 24.8 Å². The zero-order valence-corrected chi connectivity index (χ0v) is 11.4. The Bertz CT molecular complexity index is 420. The highest BCUT2D eigenvalue weighted by Gasteiger charge is 2.20. The number of nitrogens with two attached hydrogens (primary N) is 1. The molecule has 1 aliphatic rings. The number of rotatable bonds is 2. The zero-order chi connectivity index (χ0) is 12.4. The molecule has 0 aromatic heterocycles. The van der Waals surface area contributed by atoms with Gasteiger partial charge in [-0.3, -0.25) is 0 Å². The van der Waals surface area contributed by atoms with Crippen molar-refractivity contribution in [3.8, 4) is 0 Å². The summed E-state index contributed by atoms with van der Waals surface area (Å²) in [4.78, 5) is 2.94. The van der Waals surface area contributed by atoms with Crippen molar-refractivity contribution in [1.29, 1.82) is 0 Å². The first-order chi connectivity index (χ1) is 8.09. The highest BCUT2D eigenvalue weighted by atomic mass is 32.1. The third-order valence-electron chi connectivity index (χ3n) is 3.60. The van der Waals surface area contributed by atoms with E-state index in [0.717, 1.165) is 24.6 Å². The Kier molecular flexibility index (Phi) is 3.67. The van der Waals surface area contributed by atoms with Gasteiger partial charge in [-0.25, -0.2) is 0 Å². The van der Waals surface area contributed by atoms with Crippen LogP contribution in [0.2, 0.25) is 0 Å². The number of aryl methyl sites for hydroxylation is 1. The van der Waals surface area contributed by atoms with Gasteiger partial charge in [-0.1, -0.05) is 31.3 Å². The van der Waals surface area contributed by atoms with Crippen LogP contribution in [0.3, 0.4) is 0 Å². The third-order valence-corrected chi connectivity index (χ3v) is 3.82. The minimum Gasteiger partial charge on any atom is -0.389 e. The molecular weight excluding hydrogens is 228 g/mol. The van der Waals surface area contributed by atoms with Gasteiger partial charge in [-0.15, -0.1) is 0 Å². The Balaban J connectivity index is 2.33. The number of nitrogens with zero attached hydrogens (tertiary/aromatic N) is 1. The van der Waals surface area contributed by atoms with Crippen molar-refractivity contribution in [2.75, 3.05) is 18.0 Å². The lowest BCUT2D eigenvalue weighted by Gasteiger charge is -2.34. The van der Waals surface area contributed by atoms with Crippen molar-refractivity contribution in [3.05, 3.63) is 29.3 Å². The number of para-hydroxylation sites is 1. The lowest BCUT2D eigenvalue weighted by atomic mass is 9.97. The third kappa shape index (κ3) is 2.60. The number of piperidine rings is 1. The van der Waals surface area contributed by atoms with E-state index in [4.69, 9.17) is 18.0 Å². The normalized spacial score (nSPS) is 17.2. The number of thiocarbonyl (C=S) groups is 1. The maximum Gasteiger partial charge on any atom is 0.106 e. The van der Waals surface area contributed by atoms with Crippen LogP contribution in [-0.2, 0) is 0 Å². The molecule has 0 atom stereocenters. The first-order valence-electron chi connectivity index (χ1n) is 6.24. The predicted molar refractivity (Wildman–Crippen MR) is 77.7 cm³/mol. The molecule has 2 rings (SSSR count). The van der Waals surface area contributed by atoms with E-state index in [9.17, 15) is 0 Å². The lowest BCUT2D eigenvalue weighted by Crippen LogP contribution is -2.34. The molecule has 1 saturated heterocycles. The van der Waals surface area contributed by atoms with E-state index in [1.54, 1.807) is 0 Å². The molecule has 2 N–H and O–H groups in total. The van der Waals surface area contributed by atoms with Crippen molar-refractivity contribution >= 4 is 22.9 Å². The number of anilines is 1. The zero-order valence-electron chi connectivity index (χ0n) is 10.6. The fourth-order valence-corrected chi connectivity index (χ4v) is 2.67. The fraction of sp³-hybridized carbons (Fsp3) is 0.500. The molecule has 1 heterocycles. The van der Waals surface area contributed by atoms with Crippen LogP contribution in [0.5, 0.6) is 0 Å². The van der Waals surface area contributed by atoms with Crippen LogP contribution in [0.4, 0.5) is 5.69 Å². The van der Waals surface area contributed by atoms with Gasteiger partial charge in [0.25, 0.3) is 0 Å². The first-order valence-corrected chi connectivity index (χ1v) is 6.64. The van der Waals surface area contributed by atoms with Crippen LogP contribution in [0.15, 0.2) is 18.2 Å². The molecule has 0 spiro atoms. The van der Waals surface area contributed by atoms with E-state index >= 15 is 0 Å². The second kappa shape index (κ2) is 5.05. The maximum absolute atomic E-state index is 5.82. The summed E-state index contributed by atoms with van der Waals surface area (Å²) in [6.07, 6.45) is 2.51. The SMILES string of the molecule is Cc1cccc(C(N)=S)c1N1CCC(C)CC1. The Morgan fingerprint density at radius 1 is 1.35 bits per heavy atom. The second-order valence-corrected chi connectivity index (χ2v) is 5.44. The number of benzene rings is 1. The molecule has 0 amide bonds. The van der Waals surface area contributed by atoms with E-state index < -0.39 is 0 Å². The average Bonchev–Trinajstić information content (AvgIpc) is 2.30. The molecule has 0 radical (unpaired) electrons. The van der Waals surface area contributed by atoms with Crippen LogP contribution < -0.4 is 10.6 Å². The van der Waals surface area contributed by atoms with Crippen molar-refractivity contribution in [2.45, 2.75) is 26.7 Å². The smallest absolute Gasteiger partial charge is 0.106 e. The van der Waals surface area contributed by atoms with Gasteiger partial charge in [-0.05, 0) is 37.3 Å². The van der Waals surface area contributed by atoms with Gasteiger partial charge in [0, 0.05) is 24.3 Å². The Morgan fingerprint density at radius 2 is 2.00 bits per heavy atom. The molecule has 0 bridgehead atoms. The van der Waals surface area contributed by atoms with Gasteiger partial charge in [0.15, 0.2) is 0 Å². The Morgan fingerprint density at radius 3 is 2.59 bits per heavy atom. The highest BCUT2D eigenvalue weighted by Crippen LogP contribution is 2.29. The molecule has 0 saturated carbocycles. The molecule has 0 aliphatic carbocycles. The van der Waals surface area contributed by atoms with Crippen LogP contribution >= 0.6 is 12.2 Å². The predicted octanol–water partition coefficient (Wildman–Crippen LogP) is 2.87. The standard InChI is InChI=1S/C14H20N2S/c1-10-6-8-16(9-7-10)13-11(2)4-3-5-12(13)14(15)17/h3-5,10H,6-9H2,1-2H3,(H2,15,17). The molecule has 1 aliphatic heterocycles. The topological polar surface area (TPSA) is 29.3 Å². The van der Waals surface area contributed by atoms with Crippen molar-refractivity contribution in [2.24, 2.45) is 11.7 Å². The van der Waals surface area contributed by atoms with E-state index in [1.165, 1.54) is 24.1 Å². The summed E-state index contributed by atoms with van der Waals surface area (Å²) >= 11 is 5.15. The minimum absolute atomic E-state index is 0.502. The van der Waals surface area contributed by atoms with E-state index in [-0.39, 0.29) is 0 Å². The van der Waals surface area contributed by atoms with Gasteiger partial charge < -0.3 is 10.6 Å². The quantitative estimate of drug-likeness (QED) is 0.816. The number of hydrogen-bond donors (Lipinski definition) is 1. The summed E-state index contributed by atoms with van der Waals surface area (Å²) in [5.41, 5.74) is 9.36. The molecule has 0 unspecified atom stereocenters. The summed E-state index contributed by atoms with van der Waals surface area (Å²) < 4.78 is 0. The lowest BCUT2D eigenvalue weighted by molar-refractivity contribution is 0.438. The van der Waals surface area contributed by atoms with E-state index in [1.807, 2.05) is 12.1 Å². The summed E-state index contributed by atoms with van der Waals surface area (Å²) in [7, 11) is 0. The van der Waals surface area contributed by atoms with Gasteiger partial charge >= 0.3 is 0 Å².